The summed E-state index contributed by atoms with van der Waals surface area (Å²) >= 11 is 0. The van der Waals surface area contributed by atoms with Gasteiger partial charge in [0.25, 0.3) is 0 Å². The minimum absolute atomic E-state index is 0.172. The lowest BCUT2D eigenvalue weighted by Gasteiger charge is -2.28. The highest BCUT2D eigenvalue weighted by molar-refractivity contribution is 5.68. The summed E-state index contributed by atoms with van der Waals surface area (Å²) in [6.07, 6.45) is 7.42. The first kappa shape index (κ1) is 9.18. The lowest BCUT2D eigenvalue weighted by Crippen LogP contribution is -2.32. The average Bonchev–Trinajstić information content (AvgIpc) is 2.69. The van der Waals surface area contributed by atoms with Crippen LogP contribution >= 0.6 is 0 Å². The van der Waals surface area contributed by atoms with Gasteiger partial charge >= 0.3 is 5.97 Å². The summed E-state index contributed by atoms with van der Waals surface area (Å²) < 4.78 is 1.86. The highest BCUT2D eigenvalue weighted by atomic mass is 16.4. The number of nitrogens with zero attached hydrogens (tertiary/aromatic N) is 3. The number of aliphatic carboxylic acids is 1. The SMILES string of the molecule is O=C(O)CC1(n2cnnc2)CCCC1. The average molecular weight is 195 g/mol. The van der Waals surface area contributed by atoms with Gasteiger partial charge in [-0.15, -0.1) is 10.2 Å². The van der Waals surface area contributed by atoms with Crippen LogP contribution in [0, 0.1) is 0 Å². The van der Waals surface area contributed by atoms with Crippen molar-refractivity contribution in [3.8, 4) is 0 Å². The van der Waals surface area contributed by atoms with Crippen molar-refractivity contribution in [2.75, 3.05) is 0 Å². The second-order valence-electron chi connectivity index (χ2n) is 3.87. The predicted octanol–water partition coefficient (Wildman–Crippen LogP) is 1.02. The van der Waals surface area contributed by atoms with E-state index < -0.39 is 5.97 Å². The third-order valence-electron chi connectivity index (χ3n) is 2.98. The first-order valence-electron chi connectivity index (χ1n) is 4.80. The van der Waals surface area contributed by atoms with Gasteiger partial charge in [0, 0.05) is 0 Å². The van der Waals surface area contributed by atoms with Gasteiger partial charge in [-0.2, -0.15) is 0 Å². The van der Waals surface area contributed by atoms with Crippen LogP contribution < -0.4 is 0 Å². The van der Waals surface area contributed by atoms with E-state index in [1.807, 2.05) is 4.57 Å². The smallest absolute Gasteiger partial charge is 0.305 e. The second kappa shape index (κ2) is 3.40. The molecule has 0 saturated heterocycles. The fourth-order valence-corrected chi connectivity index (χ4v) is 2.29. The Bertz CT molecular complexity index is 315. The van der Waals surface area contributed by atoms with Crippen LogP contribution in [0.2, 0.25) is 0 Å². The maximum Gasteiger partial charge on any atom is 0.305 e. The van der Waals surface area contributed by atoms with Gasteiger partial charge in [-0.3, -0.25) is 4.79 Å². The van der Waals surface area contributed by atoms with Crippen molar-refractivity contribution >= 4 is 5.97 Å². The number of hydrogen-bond donors (Lipinski definition) is 1. The first-order chi connectivity index (χ1) is 6.73. The van der Waals surface area contributed by atoms with E-state index >= 15 is 0 Å². The molecule has 1 aromatic rings. The molecule has 0 spiro atoms. The Morgan fingerprint density at radius 3 is 2.43 bits per heavy atom. The Balaban J connectivity index is 2.26. The van der Waals surface area contributed by atoms with Crippen molar-refractivity contribution in [1.82, 2.24) is 14.8 Å². The Labute approximate surface area is 81.8 Å². The Morgan fingerprint density at radius 2 is 1.93 bits per heavy atom. The zero-order valence-corrected chi connectivity index (χ0v) is 7.89. The molecule has 14 heavy (non-hydrogen) atoms. The molecule has 0 atom stereocenters. The zero-order valence-electron chi connectivity index (χ0n) is 7.89. The summed E-state index contributed by atoms with van der Waals surface area (Å²) in [5, 5.41) is 16.4. The van der Waals surface area contributed by atoms with Crippen LogP contribution in [0.1, 0.15) is 32.1 Å². The fraction of sp³-hybridized carbons (Fsp3) is 0.667. The molecule has 1 fully saturated rings. The van der Waals surface area contributed by atoms with E-state index in [0.29, 0.717) is 0 Å². The number of carbonyl (C=O) groups is 1. The molecule has 1 N–H and O–H groups in total. The van der Waals surface area contributed by atoms with E-state index in [1.54, 1.807) is 12.7 Å². The largest absolute Gasteiger partial charge is 0.481 e. The van der Waals surface area contributed by atoms with Crippen LogP contribution in [0.3, 0.4) is 0 Å². The highest BCUT2D eigenvalue weighted by Crippen LogP contribution is 2.39. The number of carboxylic acids is 1. The summed E-state index contributed by atoms with van der Waals surface area (Å²) in [6, 6.07) is 0. The van der Waals surface area contributed by atoms with Gasteiger partial charge in [0.05, 0.1) is 12.0 Å². The van der Waals surface area contributed by atoms with Gasteiger partial charge < -0.3 is 9.67 Å². The number of rotatable bonds is 3. The van der Waals surface area contributed by atoms with Gasteiger partial charge in [0.15, 0.2) is 0 Å². The van der Waals surface area contributed by atoms with Crippen LogP contribution in [-0.4, -0.2) is 25.8 Å². The van der Waals surface area contributed by atoms with Crippen LogP contribution in [0.4, 0.5) is 0 Å². The molecule has 1 aliphatic carbocycles. The molecule has 2 rings (SSSR count). The molecule has 5 heteroatoms. The topological polar surface area (TPSA) is 68.0 Å². The summed E-state index contributed by atoms with van der Waals surface area (Å²) in [4.78, 5) is 10.8. The van der Waals surface area contributed by atoms with E-state index in [9.17, 15) is 4.79 Å². The minimum atomic E-state index is -0.749. The van der Waals surface area contributed by atoms with Crippen molar-refractivity contribution in [2.45, 2.75) is 37.6 Å². The van der Waals surface area contributed by atoms with Gasteiger partial charge in [-0.05, 0) is 12.8 Å². The Hall–Kier alpha value is -1.39. The molecule has 0 amide bonds. The standard InChI is InChI=1S/C9H13N3O2/c13-8(14)5-9(3-1-2-4-9)12-6-10-11-7-12/h6-7H,1-5H2,(H,13,14). The van der Waals surface area contributed by atoms with Gasteiger partial charge in [-0.1, -0.05) is 12.8 Å². The summed E-state index contributed by atoms with van der Waals surface area (Å²) in [5.41, 5.74) is -0.269. The number of hydrogen-bond acceptors (Lipinski definition) is 3. The molecule has 1 aliphatic rings. The summed E-state index contributed by atoms with van der Waals surface area (Å²) in [5.74, 6) is -0.749. The van der Waals surface area contributed by atoms with E-state index in [0.717, 1.165) is 25.7 Å². The Morgan fingerprint density at radius 1 is 1.36 bits per heavy atom. The van der Waals surface area contributed by atoms with Crippen LogP contribution in [0.5, 0.6) is 0 Å². The predicted molar refractivity (Wildman–Crippen MR) is 48.7 cm³/mol. The lowest BCUT2D eigenvalue weighted by molar-refractivity contribution is -0.139. The van der Waals surface area contributed by atoms with Crippen molar-refractivity contribution in [2.24, 2.45) is 0 Å². The van der Waals surface area contributed by atoms with E-state index in [-0.39, 0.29) is 12.0 Å². The van der Waals surface area contributed by atoms with Gasteiger partial charge in [-0.25, -0.2) is 0 Å². The molecular formula is C9H13N3O2. The molecule has 5 nitrogen and oxygen atoms in total. The fourth-order valence-electron chi connectivity index (χ4n) is 2.29. The summed E-state index contributed by atoms with van der Waals surface area (Å²) in [7, 11) is 0. The zero-order chi connectivity index (χ0) is 10.0. The first-order valence-corrected chi connectivity index (χ1v) is 4.80. The normalized spacial score (nSPS) is 19.7. The monoisotopic (exact) mass is 195 g/mol. The molecule has 0 unspecified atom stereocenters. The molecule has 0 bridgehead atoms. The van der Waals surface area contributed by atoms with Crippen molar-refractivity contribution in [3.05, 3.63) is 12.7 Å². The number of aromatic nitrogens is 3. The minimum Gasteiger partial charge on any atom is -0.481 e. The van der Waals surface area contributed by atoms with E-state index in [4.69, 9.17) is 5.11 Å². The molecule has 1 aromatic heterocycles. The third-order valence-corrected chi connectivity index (χ3v) is 2.98. The van der Waals surface area contributed by atoms with E-state index in [1.165, 1.54) is 0 Å². The van der Waals surface area contributed by atoms with Gasteiger partial charge in [0.1, 0.15) is 12.7 Å². The second-order valence-corrected chi connectivity index (χ2v) is 3.87. The molecule has 76 valence electrons. The number of carboxylic acid groups (broad SMARTS) is 1. The van der Waals surface area contributed by atoms with Crippen molar-refractivity contribution in [3.63, 3.8) is 0 Å². The van der Waals surface area contributed by atoms with Crippen LogP contribution in [0.15, 0.2) is 12.7 Å². The van der Waals surface area contributed by atoms with Crippen LogP contribution in [0.25, 0.3) is 0 Å². The molecule has 0 aliphatic heterocycles. The Kier molecular flexibility index (Phi) is 2.23. The van der Waals surface area contributed by atoms with Crippen molar-refractivity contribution in [1.29, 1.82) is 0 Å². The molecule has 1 heterocycles. The van der Waals surface area contributed by atoms with Crippen LogP contribution in [-0.2, 0) is 10.3 Å². The molecule has 0 aromatic carbocycles. The molecular weight excluding hydrogens is 182 g/mol. The van der Waals surface area contributed by atoms with Crippen molar-refractivity contribution < 1.29 is 9.90 Å². The highest BCUT2D eigenvalue weighted by Gasteiger charge is 2.37. The molecule has 1 saturated carbocycles. The maximum atomic E-state index is 10.8. The molecule has 0 radical (unpaired) electrons. The quantitative estimate of drug-likeness (QED) is 0.781. The maximum absolute atomic E-state index is 10.8. The van der Waals surface area contributed by atoms with E-state index in [2.05, 4.69) is 10.2 Å². The van der Waals surface area contributed by atoms with Gasteiger partial charge in [0.2, 0.25) is 0 Å². The third kappa shape index (κ3) is 1.49. The lowest BCUT2D eigenvalue weighted by atomic mass is 9.93. The summed E-state index contributed by atoms with van der Waals surface area (Å²) in [6.45, 7) is 0.